The normalized spacial score (nSPS) is 15.4. The van der Waals surface area contributed by atoms with Crippen LogP contribution in [0.4, 0.5) is 0 Å². The summed E-state index contributed by atoms with van der Waals surface area (Å²) in [4.78, 5) is 22.6. The largest absolute Gasteiger partial charge is 0.462 e. The molecule has 0 saturated carbocycles. The van der Waals surface area contributed by atoms with Crippen LogP contribution in [0.15, 0.2) is 39.2 Å². The van der Waals surface area contributed by atoms with E-state index in [2.05, 4.69) is 37.6 Å². The van der Waals surface area contributed by atoms with Crippen LogP contribution in [0.3, 0.4) is 0 Å². The van der Waals surface area contributed by atoms with Gasteiger partial charge >= 0.3 is 0 Å². The molecule has 0 aromatic carbocycles. The van der Waals surface area contributed by atoms with Crippen LogP contribution in [-0.2, 0) is 11.3 Å². The second-order valence-electron chi connectivity index (χ2n) is 6.81. The minimum absolute atomic E-state index is 0.138. The molecule has 0 aliphatic carbocycles. The van der Waals surface area contributed by atoms with E-state index < -0.39 is 0 Å². The van der Waals surface area contributed by atoms with Crippen molar-refractivity contribution in [2.75, 3.05) is 31.9 Å². The van der Waals surface area contributed by atoms with E-state index in [1.54, 1.807) is 11.3 Å². The summed E-state index contributed by atoms with van der Waals surface area (Å²) in [5.74, 6) is 2.75. The SMILES string of the molecule is Cc1ccc(/C=C/c2nc(SCC(=O)N3CCN(Cc4cccs4)CC3)n[nH]2)o1. The zero-order chi connectivity index (χ0) is 20.1. The van der Waals surface area contributed by atoms with Gasteiger partial charge in [0.05, 0.1) is 5.75 Å². The number of thioether (sulfide) groups is 1. The van der Waals surface area contributed by atoms with Crippen LogP contribution in [0.2, 0.25) is 0 Å². The summed E-state index contributed by atoms with van der Waals surface area (Å²) in [5, 5.41) is 9.72. The van der Waals surface area contributed by atoms with Crippen molar-refractivity contribution in [3.05, 3.63) is 51.9 Å². The average Bonchev–Trinajstić information content (AvgIpc) is 3.48. The lowest BCUT2D eigenvalue weighted by molar-refractivity contribution is -0.130. The summed E-state index contributed by atoms with van der Waals surface area (Å²) in [6, 6.07) is 8.06. The molecule has 3 aromatic rings. The maximum absolute atomic E-state index is 12.5. The number of nitrogens with one attached hydrogen (secondary N) is 1. The van der Waals surface area contributed by atoms with Gasteiger partial charge in [-0.1, -0.05) is 17.8 Å². The molecular weight excluding hydrogens is 406 g/mol. The van der Waals surface area contributed by atoms with Crippen LogP contribution < -0.4 is 0 Å². The number of thiophene rings is 1. The maximum atomic E-state index is 12.5. The number of nitrogens with zero attached hydrogens (tertiary/aromatic N) is 4. The van der Waals surface area contributed by atoms with Gasteiger partial charge in [-0.2, -0.15) is 0 Å². The Morgan fingerprint density at radius 3 is 2.86 bits per heavy atom. The lowest BCUT2D eigenvalue weighted by Crippen LogP contribution is -2.48. The van der Waals surface area contributed by atoms with Crippen molar-refractivity contribution in [2.45, 2.75) is 18.6 Å². The molecule has 9 heteroatoms. The van der Waals surface area contributed by atoms with E-state index >= 15 is 0 Å². The lowest BCUT2D eigenvalue weighted by atomic mass is 10.3. The van der Waals surface area contributed by atoms with Crippen molar-refractivity contribution in [1.82, 2.24) is 25.0 Å². The number of carbonyl (C=O) groups is 1. The van der Waals surface area contributed by atoms with Gasteiger partial charge in [0.25, 0.3) is 0 Å². The van der Waals surface area contributed by atoms with Crippen LogP contribution in [0, 0.1) is 6.92 Å². The van der Waals surface area contributed by atoms with Crippen LogP contribution in [0.1, 0.15) is 22.2 Å². The van der Waals surface area contributed by atoms with E-state index in [1.165, 1.54) is 16.6 Å². The topological polar surface area (TPSA) is 78.3 Å². The van der Waals surface area contributed by atoms with Crippen molar-refractivity contribution < 1.29 is 9.21 Å². The van der Waals surface area contributed by atoms with E-state index in [-0.39, 0.29) is 5.91 Å². The molecule has 0 spiro atoms. The zero-order valence-corrected chi connectivity index (χ0v) is 17.8. The molecular formula is C20H23N5O2S2. The Labute approximate surface area is 177 Å². The van der Waals surface area contributed by atoms with Gasteiger partial charge in [-0.3, -0.25) is 14.8 Å². The van der Waals surface area contributed by atoms with E-state index in [0.717, 1.165) is 44.2 Å². The summed E-state index contributed by atoms with van der Waals surface area (Å²) >= 11 is 3.14. The fraction of sp³-hybridized carbons (Fsp3) is 0.350. The molecule has 3 aromatic heterocycles. The van der Waals surface area contributed by atoms with E-state index in [4.69, 9.17) is 4.42 Å². The third kappa shape index (κ3) is 5.59. The summed E-state index contributed by atoms with van der Waals surface area (Å²) in [5.41, 5.74) is 0. The Balaban J connectivity index is 1.21. The van der Waals surface area contributed by atoms with Crippen molar-refractivity contribution in [1.29, 1.82) is 0 Å². The summed E-state index contributed by atoms with van der Waals surface area (Å²) in [6.07, 6.45) is 3.65. The van der Waals surface area contributed by atoms with Crippen LogP contribution in [-0.4, -0.2) is 62.8 Å². The lowest BCUT2D eigenvalue weighted by Gasteiger charge is -2.34. The highest BCUT2D eigenvalue weighted by Gasteiger charge is 2.21. The van der Waals surface area contributed by atoms with Gasteiger partial charge in [-0.25, -0.2) is 4.98 Å². The molecule has 7 nitrogen and oxygen atoms in total. The summed E-state index contributed by atoms with van der Waals surface area (Å²) < 4.78 is 5.49. The fourth-order valence-electron chi connectivity index (χ4n) is 3.10. The molecule has 29 heavy (non-hydrogen) atoms. The van der Waals surface area contributed by atoms with Crippen LogP contribution in [0.25, 0.3) is 12.2 Å². The first-order valence-electron chi connectivity index (χ1n) is 9.48. The molecule has 0 atom stereocenters. The molecule has 1 amide bonds. The Kier molecular flexibility index (Phi) is 6.48. The van der Waals surface area contributed by atoms with Crippen LogP contribution >= 0.6 is 23.1 Å². The van der Waals surface area contributed by atoms with E-state index in [1.807, 2.05) is 36.1 Å². The number of aromatic amines is 1. The first kappa shape index (κ1) is 19.9. The molecule has 0 unspecified atom stereocenters. The van der Waals surface area contributed by atoms with Crippen molar-refractivity contribution in [3.8, 4) is 0 Å². The maximum Gasteiger partial charge on any atom is 0.233 e. The molecule has 0 radical (unpaired) electrons. The number of piperazine rings is 1. The van der Waals surface area contributed by atoms with E-state index in [9.17, 15) is 4.79 Å². The van der Waals surface area contributed by atoms with Gasteiger partial charge in [0.2, 0.25) is 11.1 Å². The quantitative estimate of drug-likeness (QED) is 0.580. The number of furan rings is 1. The summed E-state index contributed by atoms with van der Waals surface area (Å²) in [7, 11) is 0. The Hall–Kier alpha value is -2.36. The molecule has 1 saturated heterocycles. The highest BCUT2D eigenvalue weighted by Crippen LogP contribution is 2.17. The Bertz CT molecular complexity index is 955. The van der Waals surface area contributed by atoms with Gasteiger partial charge in [0.1, 0.15) is 17.3 Å². The minimum Gasteiger partial charge on any atom is -0.462 e. The zero-order valence-electron chi connectivity index (χ0n) is 16.2. The number of amides is 1. The number of hydrogen-bond donors (Lipinski definition) is 1. The smallest absolute Gasteiger partial charge is 0.233 e. The number of rotatable bonds is 7. The monoisotopic (exact) mass is 429 g/mol. The van der Waals surface area contributed by atoms with Crippen molar-refractivity contribution >= 4 is 41.2 Å². The van der Waals surface area contributed by atoms with Crippen molar-refractivity contribution in [3.63, 3.8) is 0 Å². The second-order valence-corrected chi connectivity index (χ2v) is 8.78. The molecule has 0 bridgehead atoms. The molecule has 1 aliphatic rings. The molecule has 1 N–H and O–H groups in total. The fourth-order valence-corrected chi connectivity index (χ4v) is 4.55. The van der Waals surface area contributed by atoms with Gasteiger partial charge in [-0.05, 0) is 42.7 Å². The van der Waals surface area contributed by atoms with Gasteiger partial charge in [0, 0.05) is 37.6 Å². The molecule has 152 valence electrons. The standard InChI is InChI=1S/C20H23N5O2S2/c1-15-4-5-16(27-15)6-7-18-21-20(23-22-18)29-14-19(26)25-10-8-24(9-11-25)13-17-3-2-12-28-17/h2-7,12H,8-11,13-14H2,1H3,(H,21,22,23)/b7-6+. The third-order valence-corrected chi connectivity index (χ3v) is 6.35. The number of carbonyl (C=O) groups excluding carboxylic acids is 1. The molecule has 1 aliphatic heterocycles. The molecule has 4 heterocycles. The molecule has 4 rings (SSSR count). The molecule has 1 fully saturated rings. The predicted molar refractivity (Wildman–Crippen MR) is 116 cm³/mol. The first-order chi connectivity index (χ1) is 14.2. The van der Waals surface area contributed by atoms with Gasteiger partial charge in [-0.15, -0.1) is 16.4 Å². The number of hydrogen-bond acceptors (Lipinski definition) is 7. The number of H-pyrrole nitrogens is 1. The Morgan fingerprint density at radius 1 is 1.28 bits per heavy atom. The van der Waals surface area contributed by atoms with Crippen LogP contribution in [0.5, 0.6) is 0 Å². The third-order valence-electron chi connectivity index (χ3n) is 4.66. The van der Waals surface area contributed by atoms with E-state index in [0.29, 0.717) is 16.7 Å². The van der Waals surface area contributed by atoms with Gasteiger partial charge in [0.15, 0.2) is 0 Å². The van der Waals surface area contributed by atoms with Gasteiger partial charge < -0.3 is 9.32 Å². The predicted octanol–water partition coefficient (Wildman–Crippen LogP) is 3.37. The van der Waals surface area contributed by atoms with Crippen molar-refractivity contribution in [2.24, 2.45) is 0 Å². The minimum atomic E-state index is 0.138. The first-order valence-corrected chi connectivity index (χ1v) is 11.3. The second kappa shape index (κ2) is 9.43. The number of aryl methyl sites for hydroxylation is 1. The summed E-state index contributed by atoms with van der Waals surface area (Å²) in [6.45, 7) is 6.25. The highest BCUT2D eigenvalue weighted by atomic mass is 32.2. The number of aromatic nitrogens is 3. The Morgan fingerprint density at radius 2 is 2.14 bits per heavy atom. The highest BCUT2D eigenvalue weighted by molar-refractivity contribution is 7.99. The average molecular weight is 430 g/mol.